The molecule has 9 heteroatoms. The SMILES string of the molecule is CCCC1(C)CCCc2cc(S(=O)(=O)NC(=O)OC[C@@H](C)[C@H]3CC[C@H]4[C@@H]5[C@H](O)C[C@@H]6C[C@H](O)CC[C@]6(C)[C@H]5CC[C@]34C)ccc2O1. The van der Waals surface area contributed by atoms with Gasteiger partial charge in [-0.25, -0.2) is 17.9 Å². The van der Waals surface area contributed by atoms with Crippen molar-refractivity contribution in [3.8, 4) is 5.75 Å². The van der Waals surface area contributed by atoms with E-state index in [4.69, 9.17) is 9.47 Å². The number of ether oxygens (including phenoxy) is 2. The predicted octanol–water partition coefficient (Wildman–Crippen LogP) is 7.00. The van der Waals surface area contributed by atoms with Crippen LogP contribution >= 0.6 is 0 Å². The van der Waals surface area contributed by atoms with Gasteiger partial charge in [0.15, 0.2) is 0 Å². The second kappa shape index (κ2) is 12.6. The molecular weight excluding hydrogens is 602 g/mol. The van der Waals surface area contributed by atoms with Crippen molar-refractivity contribution in [2.24, 2.45) is 46.3 Å². The molecule has 1 aliphatic heterocycles. The van der Waals surface area contributed by atoms with E-state index < -0.39 is 16.1 Å². The molecule has 8 nitrogen and oxygen atoms in total. The molecule has 0 radical (unpaired) electrons. The number of fused-ring (bicyclic) bond motifs is 6. The third-order valence-corrected chi connectivity index (χ3v) is 15.0. The highest BCUT2D eigenvalue weighted by Gasteiger charge is 2.63. The summed E-state index contributed by atoms with van der Waals surface area (Å²) in [5.74, 6) is 2.67. The Kier molecular flexibility index (Phi) is 9.29. The molecule has 0 spiro atoms. The Morgan fingerprint density at radius 3 is 2.54 bits per heavy atom. The number of amides is 1. The number of carbonyl (C=O) groups is 1. The van der Waals surface area contributed by atoms with Crippen molar-refractivity contribution in [2.75, 3.05) is 6.61 Å². The van der Waals surface area contributed by atoms with Crippen LogP contribution < -0.4 is 9.46 Å². The second-order valence-corrected chi connectivity index (χ2v) is 18.2. The molecular formula is C37H57NO7S. The van der Waals surface area contributed by atoms with Crippen molar-refractivity contribution in [1.82, 2.24) is 4.72 Å². The lowest BCUT2D eigenvalue weighted by molar-refractivity contribution is -0.174. The fraction of sp³-hybridized carbons (Fsp3) is 0.811. The molecule has 1 unspecified atom stereocenters. The highest BCUT2D eigenvalue weighted by molar-refractivity contribution is 7.90. The number of carbonyl (C=O) groups excluding carboxylic acids is 1. The quantitative estimate of drug-likeness (QED) is 0.288. The number of nitrogens with one attached hydrogen (secondary N) is 1. The van der Waals surface area contributed by atoms with Crippen LogP contribution in [0.15, 0.2) is 23.1 Å². The van der Waals surface area contributed by atoms with E-state index in [0.717, 1.165) is 89.0 Å². The van der Waals surface area contributed by atoms with Crippen LogP contribution in [0.1, 0.15) is 117 Å². The van der Waals surface area contributed by atoms with E-state index in [1.165, 1.54) is 6.07 Å². The maximum absolute atomic E-state index is 13.2. The Labute approximate surface area is 276 Å². The Morgan fingerprint density at radius 2 is 1.78 bits per heavy atom. The molecule has 0 bridgehead atoms. The van der Waals surface area contributed by atoms with Gasteiger partial charge in [0.2, 0.25) is 0 Å². The Morgan fingerprint density at radius 1 is 1.04 bits per heavy atom. The van der Waals surface area contributed by atoms with Crippen LogP contribution in [0.25, 0.3) is 0 Å². The summed E-state index contributed by atoms with van der Waals surface area (Å²) in [7, 11) is -4.10. The highest BCUT2D eigenvalue weighted by atomic mass is 32.2. The van der Waals surface area contributed by atoms with Crippen molar-refractivity contribution in [1.29, 1.82) is 0 Å². The van der Waals surface area contributed by atoms with Crippen LogP contribution in [0.5, 0.6) is 5.75 Å². The van der Waals surface area contributed by atoms with Crippen LogP contribution in [-0.4, -0.2) is 49.1 Å². The first-order chi connectivity index (χ1) is 21.7. The zero-order valence-corrected chi connectivity index (χ0v) is 29.4. The average molecular weight is 660 g/mol. The summed E-state index contributed by atoms with van der Waals surface area (Å²) in [6.45, 7) is 11.3. The number of hydrogen-bond acceptors (Lipinski definition) is 7. The van der Waals surface area contributed by atoms with Gasteiger partial charge in [-0.3, -0.25) is 0 Å². The Hall–Kier alpha value is -1.84. The number of sulfonamides is 1. The van der Waals surface area contributed by atoms with E-state index in [0.29, 0.717) is 29.4 Å². The summed E-state index contributed by atoms with van der Waals surface area (Å²) >= 11 is 0. The molecule has 1 aromatic rings. The van der Waals surface area contributed by atoms with E-state index in [1.807, 2.05) is 0 Å². The van der Waals surface area contributed by atoms with Gasteiger partial charge in [0.05, 0.1) is 23.7 Å². The lowest BCUT2D eigenvalue weighted by Crippen LogP contribution is -2.58. The molecule has 4 saturated carbocycles. The summed E-state index contributed by atoms with van der Waals surface area (Å²) in [6, 6.07) is 4.84. The Bertz CT molecular complexity index is 1400. The number of aryl methyl sites for hydroxylation is 1. The summed E-state index contributed by atoms with van der Waals surface area (Å²) < 4.78 is 40.5. The molecule has 3 N–H and O–H groups in total. The van der Waals surface area contributed by atoms with Crippen molar-refractivity contribution in [3.63, 3.8) is 0 Å². The molecule has 4 fully saturated rings. The topological polar surface area (TPSA) is 122 Å². The molecule has 46 heavy (non-hydrogen) atoms. The number of rotatable bonds is 7. The Balaban J connectivity index is 1.07. The number of benzene rings is 1. The van der Waals surface area contributed by atoms with E-state index >= 15 is 0 Å². The molecule has 0 saturated heterocycles. The van der Waals surface area contributed by atoms with Gasteiger partial charge in [-0.2, -0.15) is 0 Å². The first-order valence-corrected chi connectivity index (χ1v) is 19.5. The normalized spacial score (nSPS) is 41.1. The molecule has 258 valence electrons. The first kappa shape index (κ1) is 34.0. The van der Waals surface area contributed by atoms with Gasteiger partial charge in [-0.15, -0.1) is 0 Å². The maximum atomic E-state index is 13.2. The smallest absolute Gasteiger partial charge is 0.421 e. The lowest BCUT2D eigenvalue weighted by atomic mass is 9.43. The summed E-state index contributed by atoms with van der Waals surface area (Å²) in [6.07, 6.45) is 10.7. The molecule has 5 aliphatic rings. The summed E-state index contributed by atoms with van der Waals surface area (Å²) in [4.78, 5) is 12.9. The van der Waals surface area contributed by atoms with Gasteiger partial charge in [0, 0.05) is 0 Å². The molecule has 0 aromatic heterocycles. The predicted molar refractivity (Wildman–Crippen MR) is 177 cm³/mol. The number of aliphatic hydroxyl groups excluding tert-OH is 2. The third-order valence-electron chi connectivity index (χ3n) is 13.7. The molecule has 6 rings (SSSR count). The summed E-state index contributed by atoms with van der Waals surface area (Å²) in [5, 5.41) is 21.9. The van der Waals surface area contributed by atoms with Crippen molar-refractivity contribution < 1.29 is 32.9 Å². The summed E-state index contributed by atoms with van der Waals surface area (Å²) in [5.41, 5.74) is 0.812. The van der Waals surface area contributed by atoms with Gasteiger partial charge in [-0.1, -0.05) is 34.1 Å². The third kappa shape index (κ3) is 6.11. The van der Waals surface area contributed by atoms with Gasteiger partial charge in [0.25, 0.3) is 10.0 Å². The van der Waals surface area contributed by atoms with Gasteiger partial charge in [0.1, 0.15) is 11.4 Å². The largest absolute Gasteiger partial charge is 0.487 e. The standard InChI is InChI=1S/C37H57NO7S/c1-6-15-35(3)16-7-8-24-19-27(9-12-32(24)45-35)46(42,43)38-34(41)44-22-23(2)28-10-11-29-33-30(14-18-37(28,29)5)36(4)17-13-26(39)20-25(36)21-31(33)40/h9,12,19,23,25-26,28-31,33,39-40H,6-8,10-11,13-18,20-22H2,1-5H3,(H,38,41)/t23-,25+,26-,28-,29+,30+,31-,33+,35?,36+,37-/m1/s1. The maximum Gasteiger partial charge on any atom is 0.421 e. The molecule has 1 aromatic carbocycles. The zero-order chi connectivity index (χ0) is 33.1. The van der Waals surface area contributed by atoms with Crippen LogP contribution in [-0.2, 0) is 21.2 Å². The number of aliphatic hydroxyl groups is 2. The highest BCUT2D eigenvalue weighted by Crippen LogP contribution is 2.68. The van der Waals surface area contributed by atoms with E-state index in [1.54, 1.807) is 12.1 Å². The van der Waals surface area contributed by atoms with Crippen LogP contribution in [0.2, 0.25) is 0 Å². The second-order valence-electron chi connectivity index (χ2n) is 16.6. The van der Waals surface area contributed by atoms with Crippen LogP contribution in [0.4, 0.5) is 4.79 Å². The monoisotopic (exact) mass is 659 g/mol. The molecule has 1 amide bonds. The number of hydrogen-bond donors (Lipinski definition) is 3. The van der Waals surface area contributed by atoms with Crippen LogP contribution in [0, 0.1) is 46.3 Å². The zero-order valence-electron chi connectivity index (χ0n) is 28.6. The van der Waals surface area contributed by atoms with E-state index in [2.05, 4.69) is 39.3 Å². The minimum absolute atomic E-state index is 0.0382. The van der Waals surface area contributed by atoms with Gasteiger partial charge < -0.3 is 19.7 Å². The molecule has 1 heterocycles. The van der Waals surface area contributed by atoms with Crippen molar-refractivity contribution >= 4 is 16.1 Å². The van der Waals surface area contributed by atoms with Gasteiger partial charge in [-0.05, 0) is 154 Å². The molecule has 11 atom stereocenters. The van der Waals surface area contributed by atoms with Gasteiger partial charge >= 0.3 is 6.09 Å². The van der Waals surface area contributed by atoms with Crippen LogP contribution in [0.3, 0.4) is 0 Å². The first-order valence-electron chi connectivity index (χ1n) is 18.1. The average Bonchev–Trinajstić information content (AvgIpc) is 3.25. The fourth-order valence-electron chi connectivity index (χ4n) is 11.4. The minimum Gasteiger partial charge on any atom is -0.487 e. The van der Waals surface area contributed by atoms with E-state index in [-0.39, 0.29) is 52.0 Å². The van der Waals surface area contributed by atoms with Crippen molar-refractivity contribution in [3.05, 3.63) is 23.8 Å². The van der Waals surface area contributed by atoms with Crippen molar-refractivity contribution in [2.45, 2.75) is 141 Å². The fourth-order valence-corrected chi connectivity index (χ4v) is 12.3. The van der Waals surface area contributed by atoms with E-state index in [9.17, 15) is 23.4 Å². The lowest BCUT2D eigenvalue weighted by Gasteiger charge is -2.62. The minimum atomic E-state index is -4.10. The molecule has 4 aliphatic carbocycles.